The number of benzene rings is 1. The Hall–Kier alpha value is -2.41. The monoisotopic (exact) mass is 401 g/mol. The van der Waals surface area contributed by atoms with Gasteiger partial charge in [0.2, 0.25) is 0 Å². The zero-order valence-electron chi connectivity index (χ0n) is 14.2. The number of carbonyl (C=O) groups is 1. The molecule has 130 valence electrons. The van der Waals surface area contributed by atoms with Crippen LogP contribution in [0.5, 0.6) is 0 Å². The Balaban J connectivity index is 1.64. The van der Waals surface area contributed by atoms with Crippen LogP contribution in [0.2, 0.25) is 0 Å². The molecule has 0 bridgehead atoms. The lowest BCUT2D eigenvalue weighted by Gasteiger charge is -2.07. The van der Waals surface area contributed by atoms with Crippen LogP contribution in [-0.4, -0.2) is 25.7 Å². The van der Waals surface area contributed by atoms with Crippen molar-refractivity contribution >= 4 is 21.8 Å². The van der Waals surface area contributed by atoms with E-state index in [9.17, 15) is 4.79 Å². The van der Waals surface area contributed by atoms with Gasteiger partial charge in [0, 0.05) is 25.5 Å². The molecule has 0 aliphatic carbocycles. The van der Waals surface area contributed by atoms with Crippen LogP contribution in [-0.2, 0) is 13.1 Å². The first kappa shape index (κ1) is 17.4. The van der Waals surface area contributed by atoms with Crippen molar-refractivity contribution < 1.29 is 4.79 Å². The fraction of sp³-hybridized carbons (Fsp3) is 0.278. The zero-order valence-corrected chi connectivity index (χ0v) is 15.7. The summed E-state index contributed by atoms with van der Waals surface area (Å²) in [6, 6.07) is 8.13. The van der Waals surface area contributed by atoms with Crippen molar-refractivity contribution in [3.63, 3.8) is 0 Å². The maximum absolute atomic E-state index is 12.4. The van der Waals surface area contributed by atoms with Gasteiger partial charge in [-0.05, 0) is 33.0 Å². The molecule has 7 heteroatoms. The smallest absolute Gasteiger partial charge is 0.273 e. The Morgan fingerprint density at radius 1 is 1.36 bits per heavy atom. The van der Waals surface area contributed by atoms with Gasteiger partial charge in [0.05, 0.1) is 16.5 Å². The molecule has 1 aromatic carbocycles. The van der Waals surface area contributed by atoms with Crippen molar-refractivity contribution in [3.8, 4) is 0 Å². The highest BCUT2D eigenvalue weighted by molar-refractivity contribution is 9.10. The molecule has 6 nitrogen and oxygen atoms in total. The third-order valence-electron chi connectivity index (χ3n) is 3.89. The molecule has 25 heavy (non-hydrogen) atoms. The van der Waals surface area contributed by atoms with Crippen LogP contribution in [0.1, 0.15) is 47.1 Å². The van der Waals surface area contributed by atoms with E-state index in [1.165, 1.54) is 0 Å². The van der Waals surface area contributed by atoms with Crippen LogP contribution in [0.15, 0.2) is 47.5 Å². The van der Waals surface area contributed by atoms with Gasteiger partial charge < -0.3 is 9.88 Å². The van der Waals surface area contributed by atoms with Gasteiger partial charge >= 0.3 is 0 Å². The summed E-state index contributed by atoms with van der Waals surface area (Å²) in [5, 5.41) is 9.97. The maximum Gasteiger partial charge on any atom is 0.273 e. The molecule has 1 amide bonds. The molecule has 0 saturated heterocycles. The minimum atomic E-state index is -0.199. The number of aromatic nitrogens is 4. The van der Waals surface area contributed by atoms with E-state index in [2.05, 4.69) is 48.6 Å². The summed E-state index contributed by atoms with van der Waals surface area (Å²) in [5.41, 5.74) is 3.51. The van der Waals surface area contributed by atoms with E-state index in [1.54, 1.807) is 12.5 Å². The molecule has 2 heterocycles. The lowest BCUT2D eigenvalue weighted by Crippen LogP contribution is -2.23. The Kier molecular flexibility index (Phi) is 5.33. The van der Waals surface area contributed by atoms with Gasteiger partial charge in [0.1, 0.15) is 0 Å². The Bertz CT molecular complexity index is 854. The molecule has 0 saturated carbocycles. The second kappa shape index (κ2) is 7.65. The molecule has 3 aromatic rings. The molecule has 2 N–H and O–H groups in total. The summed E-state index contributed by atoms with van der Waals surface area (Å²) < 4.78 is 2.74. The van der Waals surface area contributed by atoms with Crippen LogP contribution < -0.4 is 5.32 Å². The Morgan fingerprint density at radius 2 is 2.16 bits per heavy atom. The molecular formula is C18H20BrN5O. The van der Waals surface area contributed by atoms with Crippen LogP contribution in [0.3, 0.4) is 0 Å². The molecule has 0 atom stereocenters. The van der Waals surface area contributed by atoms with E-state index >= 15 is 0 Å². The van der Waals surface area contributed by atoms with Crippen molar-refractivity contribution in [1.29, 1.82) is 0 Å². The maximum atomic E-state index is 12.4. The van der Waals surface area contributed by atoms with Gasteiger partial charge in [-0.25, -0.2) is 4.98 Å². The van der Waals surface area contributed by atoms with E-state index in [0.717, 1.165) is 27.8 Å². The molecule has 0 spiro atoms. The predicted molar refractivity (Wildman–Crippen MR) is 99.3 cm³/mol. The van der Waals surface area contributed by atoms with Crippen molar-refractivity contribution in [2.24, 2.45) is 0 Å². The zero-order chi connectivity index (χ0) is 17.8. The summed E-state index contributed by atoms with van der Waals surface area (Å²) in [6.07, 6.45) is 5.48. The fourth-order valence-corrected chi connectivity index (χ4v) is 3.39. The molecular weight excluding hydrogens is 382 g/mol. The van der Waals surface area contributed by atoms with Crippen molar-refractivity contribution in [1.82, 2.24) is 25.1 Å². The normalized spacial score (nSPS) is 11.0. The highest BCUT2D eigenvalue weighted by Crippen LogP contribution is 2.25. The first-order valence-electron chi connectivity index (χ1n) is 8.10. The van der Waals surface area contributed by atoms with Crippen LogP contribution >= 0.6 is 15.9 Å². The number of carbonyl (C=O) groups excluding carboxylic acids is 1. The van der Waals surface area contributed by atoms with Crippen molar-refractivity contribution in [2.75, 3.05) is 0 Å². The number of hydrogen-bond acceptors (Lipinski definition) is 3. The largest absolute Gasteiger partial charge is 0.347 e. The van der Waals surface area contributed by atoms with Gasteiger partial charge in [0.25, 0.3) is 5.91 Å². The van der Waals surface area contributed by atoms with Gasteiger partial charge in [-0.1, -0.05) is 38.1 Å². The highest BCUT2D eigenvalue weighted by atomic mass is 79.9. The number of halogens is 1. The summed E-state index contributed by atoms with van der Waals surface area (Å²) in [5.74, 6) is 0.0679. The quantitative estimate of drug-likeness (QED) is 0.663. The van der Waals surface area contributed by atoms with Gasteiger partial charge in [0.15, 0.2) is 5.69 Å². The Labute approximate surface area is 154 Å². The van der Waals surface area contributed by atoms with Gasteiger partial charge in [-0.3, -0.25) is 9.89 Å². The Morgan fingerprint density at radius 3 is 2.84 bits per heavy atom. The lowest BCUT2D eigenvalue weighted by atomic mass is 10.1. The topological polar surface area (TPSA) is 75.6 Å². The predicted octanol–water partition coefficient (Wildman–Crippen LogP) is 3.47. The summed E-state index contributed by atoms with van der Waals surface area (Å²) in [7, 11) is 0. The van der Waals surface area contributed by atoms with E-state index < -0.39 is 0 Å². The van der Waals surface area contributed by atoms with E-state index in [-0.39, 0.29) is 11.8 Å². The van der Waals surface area contributed by atoms with Crippen molar-refractivity contribution in [2.45, 2.75) is 32.9 Å². The second-order valence-electron chi connectivity index (χ2n) is 6.19. The van der Waals surface area contributed by atoms with Crippen LogP contribution in [0, 0.1) is 0 Å². The molecule has 2 aromatic heterocycles. The van der Waals surface area contributed by atoms with E-state index in [4.69, 9.17) is 0 Å². The van der Waals surface area contributed by atoms with Gasteiger partial charge in [-0.15, -0.1) is 0 Å². The number of imidazole rings is 1. The minimum Gasteiger partial charge on any atom is -0.347 e. The highest BCUT2D eigenvalue weighted by Gasteiger charge is 2.18. The molecule has 0 fully saturated rings. The number of nitrogens with one attached hydrogen (secondary N) is 2. The third-order valence-corrected chi connectivity index (χ3v) is 4.70. The first-order valence-corrected chi connectivity index (χ1v) is 8.89. The average Bonchev–Trinajstić information content (AvgIpc) is 3.22. The SMILES string of the molecule is CC(C)c1[nH]nc(C(=O)NCc2cccc(Cn3ccnc3)c2)c1Br. The average molecular weight is 402 g/mol. The summed E-state index contributed by atoms with van der Waals surface area (Å²) in [4.78, 5) is 16.4. The standard InChI is InChI=1S/C18H20BrN5O/c1-12(2)16-15(19)17(23-22-16)18(25)21-9-13-4-3-5-14(8-13)10-24-7-6-20-11-24/h3-8,11-12H,9-10H2,1-2H3,(H,21,25)(H,22,23). The number of amides is 1. The number of rotatable bonds is 6. The molecule has 3 rings (SSSR count). The lowest BCUT2D eigenvalue weighted by molar-refractivity contribution is 0.0945. The molecule has 0 radical (unpaired) electrons. The fourth-order valence-electron chi connectivity index (χ4n) is 2.57. The van der Waals surface area contributed by atoms with E-state index in [1.807, 2.05) is 36.7 Å². The summed E-state index contributed by atoms with van der Waals surface area (Å²) in [6.45, 7) is 5.30. The molecule has 0 aliphatic heterocycles. The van der Waals surface area contributed by atoms with Gasteiger partial charge in [-0.2, -0.15) is 5.10 Å². The number of nitrogens with zero attached hydrogens (tertiary/aromatic N) is 3. The summed E-state index contributed by atoms with van der Waals surface area (Å²) >= 11 is 3.46. The molecule has 0 unspecified atom stereocenters. The van der Waals surface area contributed by atoms with E-state index in [0.29, 0.717) is 12.2 Å². The third kappa shape index (κ3) is 4.17. The number of aromatic amines is 1. The minimum absolute atomic E-state index is 0.199. The first-order chi connectivity index (χ1) is 12.0. The molecule has 0 aliphatic rings. The van der Waals surface area contributed by atoms with Crippen LogP contribution in [0.25, 0.3) is 0 Å². The van der Waals surface area contributed by atoms with Crippen LogP contribution in [0.4, 0.5) is 0 Å². The second-order valence-corrected chi connectivity index (χ2v) is 6.99. The number of H-pyrrole nitrogens is 1. The number of hydrogen-bond donors (Lipinski definition) is 2. The van der Waals surface area contributed by atoms with Crippen molar-refractivity contribution in [3.05, 3.63) is 70.0 Å².